The van der Waals surface area contributed by atoms with Crippen LogP contribution in [0.1, 0.15) is 43.5 Å². The summed E-state index contributed by atoms with van der Waals surface area (Å²) in [6.45, 7) is 4.04. The molecule has 0 aromatic carbocycles. The highest BCUT2D eigenvalue weighted by atomic mass is 19.1. The molecule has 0 bridgehead atoms. The number of hydrogen-bond donors (Lipinski definition) is 1. The van der Waals surface area contributed by atoms with Crippen LogP contribution in [-0.2, 0) is 0 Å². The molecule has 2 atom stereocenters. The number of nitrogens with zero attached hydrogens (tertiary/aromatic N) is 2. The van der Waals surface area contributed by atoms with Crippen LogP contribution in [0.5, 0.6) is 0 Å². The number of rotatable bonds is 2. The number of pyridine rings is 1. The SMILES string of the molecule is CNc1nccc(C(=O)N2C(C)CCCC2C)c1F. The lowest BCUT2D eigenvalue weighted by atomic mass is 9.96. The van der Waals surface area contributed by atoms with Gasteiger partial charge in [0.2, 0.25) is 0 Å². The Bertz CT molecular complexity index is 468. The van der Waals surface area contributed by atoms with Crippen LogP contribution >= 0.6 is 0 Å². The lowest BCUT2D eigenvalue weighted by Crippen LogP contribution is -2.47. The van der Waals surface area contributed by atoms with Crippen LogP contribution in [-0.4, -0.2) is 34.9 Å². The molecule has 5 heteroatoms. The van der Waals surface area contributed by atoms with Crippen LogP contribution in [0.4, 0.5) is 10.2 Å². The number of amides is 1. The molecule has 1 fully saturated rings. The molecule has 2 rings (SSSR count). The van der Waals surface area contributed by atoms with Gasteiger partial charge in [0.25, 0.3) is 5.91 Å². The van der Waals surface area contributed by atoms with E-state index in [1.54, 1.807) is 11.9 Å². The van der Waals surface area contributed by atoms with Gasteiger partial charge >= 0.3 is 0 Å². The minimum Gasteiger partial charge on any atom is -0.371 e. The number of nitrogens with one attached hydrogen (secondary N) is 1. The first-order valence-corrected chi connectivity index (χ1v) is 6.71. The molecule has 2 unspecified atom stereocenters. The zero-order valence-corrected chi connectivity index (χ0v) is 11.6. The van der Waals surface area contributed by atoms with Gasteiger partial charge < -0.3 is 10.2 Å². The van der Waals surface area contributed by atoms with Crippen LogP contribution in [0.25, 0.3) is 0 Å². The van der Waals surface area contributed by atoms with Crippen molar-refractivity contribution in [2.45, 2.75) is 45.2 Å². The van der Waals surface area contributed by atoms with Crippen molar-refractivity contribution in [3.8, 4) is 0 Å². The monoisotopic (exact) mass is 265 g/mol. The molecule has 2 heterocycles. The van der Waals surface area contributed by atoms with E-state index < -0.39 is 5.82 Å². The molecule has 0 spiro atoms. The molecule has 1 aromatic rings. The molecule has 1 amide bonds. The van der Waals surface area contributed by atoms with Gasteiger partial charge in [-0.1, -0.05) is 0 Å². The van der Waals surface area contributed by atoms with Crippen LogP contribution in [0.3, 0.4) is 0 Å². The highest BCUT2D eigenvalue weighted by Gasteiger charge is 2.31. The standard InChI is InChI=1S/C14H20FN3O/c1-9-5-4-6-10(2)18(9)14(19)11-7-8-17-13(16-3)12(11)15/h7-10H,4-6H2,1-3H3,(H,16,17). The van der Waals surface area contributed by atoms with E-state index in [1.165, 1.54) is 12.3 Å². The van der Waals surface area contributed by atoms with E-state index in [0.29, 0.717) is 0 Å². The molecule has 104 valence electrons. The number of halogens is 1. The van der Waals surface area contributed by atoms with Crippen molar-refractivity contribution in [2.75, 3.05) is 12.4 Å². The lowest BCUT2D eigenvalue weighted by Gasteiger charge is -2.39. The average molecular weight is 265 g/mol. The van der Waals surface area contributed by atoms with Crippen molar-refractivity contribution in [3.63, 3.8) is 0 Å². The molecule has 0 aliphatic carbocycles. The van der Waals surface area contributed by atoms with Crippen molar-refractivity contribution >= 4 is 11.7 Å². The predicted octanol–water partition coefficient (Wildman–Crippen LogP) is 2.67. The van der Waals surface area contributed by atoms with Crippen molar-refractivity contribution < 1.29 is 9.18 Å². The first kappa shape index (κ1) is 13.8. The highest BCUT2D eigenvalue weighted by molar-refractivity contribution is 5.95. The lowest BCUT2D eigenvalue weighted by molar-refractivity contribution is 0.0506. The molecule has 1 aliphatic rings. The number of carbonyl (C=O) groups is 1. The number of carbonyl (C=O) groups excluding carboxylic acids is 1. The maximum atomic E-state index is 14.2. The molecule has 1 aromatic heterocycles. The topological polar surface area (TPSA) is 45.2 Å². The van der Waals surface area contributed by atoms with Crippen molar-refractivity contribution in [2.24, 2.45) is 0 Å². The van der Waals surface area contributed by atoms with Crippen LogP contribution in [0, 0.1) is 5.82 Å². The molecule has 0 radical (unpaired) electrons. The Morgan fingerprint density at radius 3 is 2.63 bits per heavy atom. The smallest absolute Gasteiger partial charge is 0.257 e. The Balaban J connectivity index is 2.33. The quantitative estimate of drug-likeness (QED) is 0.894. The summed E-state index contributed by atoms with van der Waals surface area (Å²) in [6, 6.07) is 1.76. The Labute approximate surface area is 113 Å². The van der Waals surface area contributed by atoms with Gasteiger partial charge in [0.15, 0.2) is 11.6 Å². The molecule has 0 saturated carbocycles. The molecule has 1 N–H and O–H groups in total. The van der Waals surface area contributed by atoms with E-state index >= 15 is 0 Å². The average Bonchev–Trinajstić information content (AvgIpc) is 2.38. The van der Waals surface area contributed by atoms with Gasteiger partial charge in [0.05, 0.1) is 5.56 Å². The predicted molar refractivity (Wildman–Crippen MR) is 72.7 cm³/mol. The van der Waals surface area contributed by atoms with E-state index in [1.807, 2.05) is 13.8 Å². The molecular formula is C14H20FN3O. The second-order valence-electron chi connectivity index (χ2n) is 5.11. The number of aromatic nitrogens is 1. The van der Waals surface area contributed by atoms with E-state index in [0.717, 1.165) is 19.3 Å². The fraction of sp³-hybridized carbons (Fsp3) is 0.571. The van der Waals surface area contributed by atoms with Crippen LogP contribution < -0.4 is 5.32 Å². The number of hydrogen-bond acceptors (Lipinski definition) is 3. The maximum Gasteiger partial charge on any atom is 0.257 e. The van der Waals surface area contributed by atoms with E-state index in [2.05, 4.69) is 10.3 Å². The second kappa shape index (κ2) is 5.55. The zero-order valence-electron chi connectivity index (χ0n) is 11.6. The number of anilines is 1. The maximum absolute atomic E-state index is 14.2. The minimum atomic E-state index is -0.569. The van der Waals surface area contributed by atoms with Gasteiger partial charge in [-0.3, -0.25) is 4.79 Å². The summed E-state index contributed by atoms with van der Waals surface area (Å²) in [5.41, 5.74) is 0.0972. The third-order valence-corrected chi connectivity index (χ3v) is 3.78. The van der Waals surface area contributed by atoms with Gasteiger partial charge in [-0.05, 0) is 39.2 Å². The van der Waals surface area contributed by atoms with Gasteiger partial charge in [0, 0.05) is 25.3 Å². The van der Waals surface area contributed by atoms with Crippen molar-refractivity contribution in [1.29, 1.82) is 0 Å². The van der Waals surface area contributed by atoms with Crippen LogP contribution in [0.2, 0.25) is 0 Å². The first-order chi connectivity index (χ1) is 9.06. The first-order valence-electron chi connectivity index (χ1n) is 6.71. The summed E-state index contributed by atoms with van der Waals surface area (Å²) in [4.78, 5) is 18.2. The van der Waals surface area contributed by atoms with E-state index in [-0.39, 0.29) is 29.4 Å². The Morgan fingerprint density at radius 1 is 1.42 bits per heavy atom. The fourth-order valence-corrected chi connectivity index (χ4v) is 2.74. The minimum absolute atomic E-state index is 0.0972. The van der Waals surface area contributed by atoms with E-state index in [9.17, 15) is 9.18 Å². The Kier molecular flexibility index (Phi) is 4.02. The molecular weight excluding hydrogens is 245 g/mol. The summed E-state index contributed by atoms with van der Waals surface area (Å²) >= 11 is 0. The summed E-state index contributed by atoms with van der Waals surface area (Å²) in [5, 5.41) is 2.66. The zero-order chi connectivity index (χ0) is 14.0. The third kappa shape index (κ3) is 2.55. The second-order valence-corrected chi connectivity index (χ2v) is 5.11. The summed E-state index contributed by atoms with van der Waals surface area (Å²) in [5.74, 6) is -0.695. The number of likely N-dealkylation sites (tertiary alicyclic amines) is 1. The number of piperidine rings is 1. The van der Waals surface area contributed by atoms with Gasteiger partial charge in [-0.25, -0.2) is 9.37 Å². The molecule has 19 heavy (non-hydrogen) atoms. The normalized spacial score (nSPS) is 23.3. The summed E-state index contributed by atoms with van der Waals surface area (Å²) in [7, 11) is 1.59. The largest absolute Gasteiger partial charge is 0.371 e. The van der Waals surface area contributed by atoms with Gasteiger partial charge in [-0.2, -0.15) is 0 Å². The third-order valence-electron chi connectivity index (χ3n) is 3.78. The van der Waals surface area contributed by atoms with Crippen LogP contribution in [0.15, 0.2) is 12.3 Å². The summed E-state index contributed by atoms with van der Waals surface area (Å²) < 4.78 is 14.2. The van der Waals surface area contributed by atoms with Crippen molar-refractivity contribution in [1.82, 2.24) is 9.88 Å². The molecule has 1 aliphatic heterocycles. The fourth-order valence-electron chi connectivity index (χ4n) is 2.74. The summed E-state index contributed by atoms with van der Waals surface area (Å²) in [6.07, 6.45) is 4.53. The Morgan fingerprint density at radius 2 is 2.05 bits per heavy atom. The highest BCUT2D eigenvalue weighted by Crippen LogP contribution is 2.26. The van der Waals surface area contributed by atoms with Crippen molar-refractivity contribution in [3.05, 3.63) is 23.6 Å². The molecule has 1 saturated heterocycles. The van der Waals surface area contributed by atoms with Gasteiger partial charge in [-0.15, -0.1) is 0 Å². The van der Waals surface area contributed by atoms with Gasteiger partial charge in [0.1, 0.15) is 0 Å². The Hall–Kier alpha value is -1.65. The molecule has 4 nitrogen and oxygen atoms in total. The van der Waals surface area contributed by atoms with E-state index in [4.69, 9.17) is 0 Å².